The van der Waals surface area contributed by atoms with Gasteiger partial charge < -0.3 is 0 Å². The van der Waals surface area contributed by atoms with Crippen molar-refractivity contribution in [1.29, 1.82) is 0 Å². The van der Waals surface area contributed by atoms with Crippen LogP contribution in [0.5, 0.6) is 0 Å². The largest absolute Gasteiger partial charge is 0.293 e. The normalized spacial score (nSPS) is 11.5. The molecule has 3 aromatic rings. The van der Waals surface area contributed by atoms with E-state index in [-0.39, 0.29) is 17.3 Å². The lowest BCUT2D eigenvalue weighted by atomic mass is 9.87. The topological polar surface area (TPSA) is 101 Å². The van der Waals surface area contributed by atoms with E-state index in [4.69, 9.17) is 0 Å². The number of carbonyl (C=O) groups excluding carboxylic acids is 1. The van der Waals surface area contributed by atoms with E-state index in [1.54, 1.807) is 11.0 Å². The Morgan fingerprint density at radius 3 is 2.65 bits per heavy atom. The molecule has 0 spiro atoms. The average molecular weight is 353 g/mol. The fourth-order valence-electron chi connectivity index (χ4n) is 2.51. The fourth-order valence-corrected chi connectivity index (χ4v) is 2.51. The van der Waals surface area contributed by atoms with Crippen LogP contribution in [-0.4, -0.2) is 35.9 Å². The minimum atomic E-state index is -0.126. The molecular weight excluding hydrogens is 330 g/mol. The minimum absolute atomic E-state index is 0.102. The molecule has 2 heterocycles. The Morgan fingerprint density at radius 2 is 2.00 bits per heavy atom. The van der Waals surface area contributed by atoms with E-state index in [9.17, 15) is 4.79 Å². The van der Waals surface area contributed by atoms with Crippen molar-refractivity contribution in [2.45, 2.75) is 45.6 Å². The highest BCUT2D eigenvalue weighted by atomic mass is 16.1. The van der Waals surface area contributed by atoms with E-state index in [2.05, 4.69) is 63.5 Å². The molecule has 0 aliphatic rings. The maximum atomic E-state index is 12.0. The number of hydrogen-bond acceptors (Lipinski definition) is 5. The second kappa shape index (κ2) is 7.47. The highest BCUT2D eigenvalue weighted by molar-refractivity contribution is 5.89. The van der Waals surface area contributed by atoms with Crippen molar-refractivity contribution in [2.24, 2.45) is 0 Å². The number of aryl methyl sites for hydroxylation is 1. The van der Waals surface area contributed by atoms with E-state index in [0.29, 0.717) is 25.2 Å². The quantitative estimate of drug-likeness (QED) is 0.709. The first-order chi connectivity index (χ1) is 12.4. The summed E-state index contributed by atoms with van der Waals surface area (Å²) >= 11 is 0. The summed E-state index contributed by atoms with van der Waals surface area (Å²) in [6.45, 7) is 7.17. The van der Waals surface area contributed by atoms with Gasteiger partial charge in [0.15, 0.2) is 5.82 Å². The van der Waals surface area contributed by atoms with Gasteiger partial charge in [-0.2, -0.15) is 10.1 Å². The average Bonchev–Trinajstić information content (AvgIpc) is 3.26. The van der Waals surface area contributed by atoms with Crippen LogP contribution in [0.1, 0.15) is 39.2 Å². The van der Waals surface area contributed by atoms with Gasteiger partial charge in [-0.05, 0) is 17.4 Å². The van der Waals surface area contributed by atoms with Crippen LogP contribution < -0.4 is 5.32 Å². The van der Waals surface area contributed by atoms with Gasteiger partial charge in [-0.15, -0.1) is 5.10 Å². The van der Waals surface area contributed by atoms with Crippen LogP contribution in [0.15, 0.2) is 36.9 Å². The van der Waals surface area contributed by atoms with Crippen molar-refractivity contribution in [3.8, 4) is 11.4 Å². The van der Waals surface area contributed by atoms with Crippen molar-refractivity contribution >= 4 is 11.9 Å². The number of aromatic nitrogens is 6. The lowest BCUT2D eigenvalue weighted by Crippen LogP contribution is -2.13. The molecule has 1 aromatic carbocycles. The molecule has 8 nitrogen and oxygen atoms in total. The Hall–Kier alpha value is -3.03. The molecule has 1 amide bonds. The number of carbonyl (C=O) groups is 1. The van der Waals surface area contributed by atoms with Gasteiger partial charge in [0.05, 0.1) is 0 Å². The minimum Gasteiger partial charge on any atom is -0.293 e. The zero-order chi connectivity index (χ0) is 18.6. The van der Waals surface area contributed by atoms with Crippen LogP contribution in [0.3, 0.4) is 0 Å². The Bertz CT molecular complexity index is 845. The molecule has 3 rings (SSSR count). The molecule has 2 N–H and O–H groups in total. The second-order valence-electron chi connectivity index (χ2n) is 7.15. The van der Waals surface area contributed by atoms with Crippen molar-refractivity contribution in [3.63, 3.8) is 0 Å². The number of aromatic amines is 1. The number of nitrogens with zero attached hydrogens (tertiary/aromatic N) is 5. The molecule has 0 atom stereocenters. The molecule has 0 fully saturated rings. The Kier molecular flexibility index (Phi) is 5.11. The van der Waals surface area contributed by atoms with Gasteiger partial charge in [0, 0.05) is 18.5 Å². The lowest BCUT2D eigenvalue weighted by Gasteiger charge is -2.18. The van der Waals surface area contributed by atoms with E-state index >= 15 is 0 Å². The summed E-state index contributed by atoms with van der Waals surface area (Å²) in [5.74, 6) is 0.785. The van der Waals surface area contributed by atoms with E-state index in [1.807, 2.05) is 12.1 Å². The first kappa shape index (κ1) is 17.8. The molecule has 0 bridgehead atoms. The molecule has 0 unspecified atom stereocenters. The molecule has 2 aromatic heterocycles. The van der Waals surface area contributed by atoms with Crippen molar-refractivity contribution < 1.29 is 4.79 Å². The number of benzene rings is 1. The first-order valence-corrected chi connectivity index (χ1v) is 8.57. The molecule has 0 saturated heterocycles. The number of amides is 1. The highest BCUT2D eigenvalue weighted by Crippen LogP contribution is 2.25. The van der Waals surface area contributed by atoms with E-state index in [0.717, 1.165) is 5.56 Å². The zero-order valence-corrected chi connectivity index (χ0v) is 15.2. The second-order valence-corrected chi connectivity index (χ2v) is 7.15. The standard InChI is InChI=1S/C18H23N7O/c1-18(2,3)14-8-6-13(7-9-14)16-22-17(24-23-16)21-15(26)5-4-10-25-12-19-11-20-25/h6-9,11-12H,4-5,10H2,1-3H3,(H2,21,22,23,24,26). The monoisotopic (exact) mass is 353 g/mol. The number of rotatable bonds is 6. The molecule has 0 aliphatic carbocycles. The summed E-state index contributed by atoms with van der Waals surface area (Å²) in [4.78, 5) is 20.2. The summed E-state index contributed by atoms with van der Waals surface area (Å²) in [7, 11) is 0. The summed E-state index contributed by atoms with van der Waals surface area (Å²) in [6.07, 6.45) is 4.14. The third-order valence-corrected chi connectivity index (χ3v) is 4.02. The van der Waals surface area contributed by atoms with Gasteiger partial charge in [-0.1, -0.05) is 45.0 Å². The number of H-pyrrole nitrogens is 1. The van der Waals surface area contributed by atoms with E-state index in [1.165, 1.54) is 11.9 Å². The summed E-state index contributed by atoms with van der Waals surface area (Å²) in [5, 5.41) is 13.6. The van der Waals surface area contributed by atoms with Gasteiger partial charge in [0.25, 0.3) is 0 Å². The third-order valence-electron chi connectivity index (χ3n) is 4.02. The molecule has 0 aliphatic heterocycles. The summed E-state index contributed by atoms with van der Waals surface area (Å²) in [6, 6.07) is 8.18. The number of hydrogen-bond donors (Lipinski definition) is 2. The molecular formula is C18H23N7O. The SMILES string of the molecule is CC(C)(C)c1ccc(-c2nc(NC(=O)CCCn3cncn3)n[nH]2)cc1. The lowest BCUT2D eigenvalue weighted by molar-refractivity contribution is -0.116. The van der Waals surface area contributed by atoms with Crippen molar-refractivity contribution in [2.75, 3.05) is 5.32 Å². The Morgan fingerprint density at radius 1 is 1.23 bits per heavy atom. The predicted molar refractivity (Wildman–Crippen MR) is 98.4 cm³/mol. The highest BCUT2D eigenvalue weighted by Gasteiger charge is 2.14. The van der Waals surface area contributed by atoms with Crippen molar-refractivity contribution in [3.05, 3.63) is 42.5 Å². The van der Waals surface area contributed by atoms with Gasteiger partial charge in [0.1, 0.15) is 12.7 Å². The van der Waals surface area contributed by atoms with Crippen LogP contribution >= 0.6 is 0 Å². The van der Waals surface area contributed by atoms with E-state index < -0.39 is 0 Å². The van der Waals surface area contributed by atoms with Gasteiger partial charge in [-0.25, -0.2) is 4.98 Å². The van der Waals surface area contributed by atoms with Gasteiger partial charge in [-0.3, -0.25) is 19.9 Å². The van der Waals surface area contributed by atoms with Crippen LogP contribution in [0.25, 0.3) is 11.4 Å². The number of anilines is 1. The summed E-state index contributed by atoms with van der Waals surface area (Å²) in [5.41, 5.74) is 2.28. The molecule has 0 saturated carbocycles. The van der Waals surface area contributed by atoms with Crippen LogP contribution in [0, 0.1) is 0 Å². The zero-order valence-electron chi connectivity index (χ0n) is 15.2. The van der Waals surface area contributed by atoms with Crippen LogP contribution in [0.2, 0.25) is 0 Å². The van der Waals surface area contributed by atoms with Gasteiger partial charge in [0.2, 0.25) is 11.9 Å². The maximum absolute atomic E-state index is 12.0. The van der Waals surface area contributed by atoms with Crippen molar-refractivity contribution in [1.82, 2.24) is 29.9 Å². The Labute approximate surface area is 152 Å². The first-order valence-electron chi connectivity index (χ1n) is 8.57. The molecule has 136 valence electrons. The van der Waals surface area contributed by atoms with Crippen LogP contribution in [0.4, 0.5) is 5.95 Å². The maximum Gasteiger partial charge on any atom is 0.249 e. The van der Waals surface area contributed by atoms with Gasteiger partial charge >= 0.3 is 0 Å². The molecule has 8 heteroatoms. The Balaban J connectivity index is 1.54. The third kappa shape index (κ3) is 4.53. The fraction of sp³-hybridized carbons (Fsp3) is 0.389. The summed E-state index contributed by atoms with van der Waals surface area (Å²) < 4.78 is 1.69. The molecule has 26 heavy (non-hydrogen) atoms. The predicted octanol–water partition coefficient (Wildman–Crippen LogP) is 2.78. The number of nitrogens with one attached hydrogen (secondary N) is 2. The smallest absolute Gasteiger partial charge is 0.249 e. The van der Waals surface area contributed by atoms with Crippen LogP contribution in [-0.2, 0) is 16.8 Å². The molecule has 0 radical (unpaired) electrons.